The maximum absolute atomic E-state index is 13.7. The molecule has 3 aromatic rings. The van der Waals surface area contributed by atoms with Crippen LogP contribution in [-0.4, -0.2) is 47.3 Å². The van der Waals surface area contributed by atoms with Crippen molar-refractivity contribution in [1.29, 1.82) is 0 Å². The molecule has 1 atom stereocenters. The first-order chi connectivity index (χ1) is 18.2. The second-order valence-electron chi connectivity index (χ2n) is 9.56. The fourth-order valence-electron chi connectivity index (χ4n) is 5.04. The Hall–Kier alpha value is -3.45. The molecule has 1 unspecified atom stereocenters. The summed E-state index contributed by atoms with van der Waals surface area (Å²) in [7, 11) is 0. The van der Waals surface area contributed by atoms with E-state index in [4.69, 9.17) is 0 Å². The molecule has 1 aromatic carbocycles. The summed E-state index contributed by atoms with van der Waals surface area (Å²) in [6.45, 7) is 0.736. The fraction of sp³-hybridized carbons (Fsp3) is 0.440. The molecule has 210 valence electrons. The van der Waals surface area contributed by atoms with Crippen LogP contribution in [0.15, 0.2) is 36.5 Å². The van der Waals surface area contributed by atoms with Crippen LogP contribution in [0.25, 0.3) is 16.6 Å². The molecule has 1 fully saturated rings. The molecule has 5 rings (SSSR count). The van der Waals surface area contributed by atoms with Gasteiger partial charge in [0.05, 0.1) is 28.1 Å². The van der Waals surface area contributed by atoms with Crippen LogP contribution >= 0.6 is 0 Å². The smallest absolute Gasteiger partial charge is 0.353 e. The minimum Gasteiger partial charge on any atom is -0.353 e. The molecule has 3 heterocycles. The van der Waals surface area contributed by atoms with Gasteiger partial charge in [0.25, 0.3) is 0 Å². The monoisotopic (exact) mass is 563 g/mol. The van der Waals surface area contributed by atoms with Crippen molar-refractivity contribution in [2.75, 3.05) is 36.0 Å². The third-order valence-corrected chi connectivity index (χ3v) is 7.10. The van der Waals surface area contributed by atoms with Crippen molar-refractivity contribution < 1.29 is 39.5 Å². The van der Waals surface area contributed by atoms with Crippen LogP contribution in [0.4, 0.5) is 51.3 Å². The highest BCUT2D eigenvalue weighted by molar-refractivity contribution is 5.91. The molecule has 2 aromatic heterocycles. The Labute approximate surface area is 216 Å². The van der Waals surface area contributed by atoms with Crippen molar-refractivity contribution >= 4 is 28.4 Å². The first kappa shape index (κ1) is 27.1. The van der Waals surface area contributed by atoms with E-state index in [1.807, 2.05) is 0 Å². The number of H-pyrrole nitrogens is 1. The second-order valence-corrected chi connectivity index (χ2v) is 9.56. The predicted molar refractivity (Wildman–Crippen MR) is 126 cm³/mol. The van der Waals surface area contributed by atoms with Gasteiger partial charge in [-0.2, -0.15) is 39.5 Å². The Balaban J connectivity index is 1.43. The van der Waals surface area contributed by atoms with Gasteiger partial charge in [-0.15, -0.1) is 0 Å². The van der Waals surface area contributed by atoms with Crippen molar-refractivity contribution in [3.63, 3.8) is 0 Å². The maximum atomic E-state index is 13.7. The zero-order valence-corrected chi connectivity index (χ0v) is 20.2. The van der Waals surface area contributed by atoms with Gasteiger partial charge in [0, 0.05) is 37.9 Å². The summed E-state index contributed by atoms with van der Waals surface area (Å²) in [5.74, 6) is -1.52. The molecule has 0 bridgehead atoms. The van der Waals surface area contributed by atoms with Gasteiger partial charge < -0.3 is 14.8 Å². The van der Waals surface area contributed by atoms with E-state index in [9.17, 15) is 39.5 Å². The van der Waals surface area contributed by atoms with E-state index in [0.29, 0.717) is 5.57 Å². The number of anilines is 2. The molecule has 14 heteroatoms. The molecule has 2 aliphatic rings. The first-order valence-corrected chi connectivity index (χ1v) is 12.1. The van der Waals surface area contributed by atoms with E-state index in [1.165, 1.54) is 23.2 Å². The van der Waals surface area contributed by atoms with E-state index < -0.39 is 35.6 Å². The number of pyridine rings is 1. The lowest BCUT2D eigenvalue weighted by atomic mass is 9.85. The second kappa shape index (κ2) is 9.63. The van der Waals surface area contributed by atoms with Gasteiger partial charge in [-0.05, 0) is 49.1 Å². The number of benzene rings is 1. The number of hydrogen-bond donors (Lipinski definition) is 1. The van der Waals surface area contributed by atoms with Crippen molar-refractivity contribution in [3.8, 4) is 0 Å². The van der Waals surface area contributed by atoms with E-state index in [1.54, 1.807) is 4.90 Å². The zero-order chi connectivity index (χ0) is 28.2. The summed E-state index contributed by atoms with van der Waals surface area (Å²) in [5, 5.41) is 0. The van der Waals surface area contributed by atoms with Crippen LogP contribution < -0.4 is 9.80 Å². The third-order valence-electron chi connectivity index (χ3n) is 7.10. The fourth-order valence-corrected chi connectivity index (χ4v) is 5.04. The highest BCUT2D eigenvalue weighted by Crippen LogP contribution is 2.43. The number of rotatable bonds is 3. The van der Waals surface area contributed by atoms with E-state index in [2.05, 4.69) is 15.0 Å². The molecule has 1 aliphatic heterocycles. The summed E-state index contributed by atoms with van der Waals surface area (Å²) < 4.78 is 121. The van der Waals surface area contributed by atoms with Crippen LogP contribution in [0.1, 0.15) is 36.0 Å². The largest absolute Gasteiger partial charge is 0.419 e. The number of alkyl halides is 9. The van der Waals surface area contributed by atoms with Crippen LogP contribution in [0, 0.1) is 5.92 Å². The number of nitrogens with zero attached hydrogens (tertiary/aromatic N) is 4. The molecule has 0 spiro atoms. The van der Waals surface area contributed by atoms with E-state index >= 15 is 0 Å². The lowest BCUT2D eigenvalue weighted by Crippen LogP contribution is -2.47. The van der Waals surface area contributed by atoms with Crippen LogP contribution in [0.3, 0.4) is 0 Å². The summed E-state index contributed by atoms with van der Waals surface area (Å²) in [6.07, 6.45) is -11.7. The van der Waals surface area contributed by atoms with Gasteiger partial charge in [-0.25, -0.2) is 9.97 Å². The van der Waals surface area contributed by atoms with E-state index in [-0.39, 0.29) is 73.8 Å². The van der Waals surface area contributed by atoms with Gasteiger partial charge >= 0.3 is 18.5 Å². The van der Waals surface area contributed by atoms with Gasteiger partial charge in [0.2, 0.25) is 5.95 Å². The number of imidazole rings is 1. The van der Waals surface area contributed by atoms with Crippen LogP contribution in [0.5, 0.6) is 0 Å². The molecule has 0 saturated carbocycles. The lowest BCUT2D eigenvalue weighted by molar-refractivity contribution is -0.175. The Morgan fingerprint density at radius 2 is 1.56 bits per heavy atom. The Morgan fingerprint density at radius 3 is 2.15 bits per heavy atom. The van der Waals surface area contributed by atoms with Crippen LogP contribution in [0.2, 0.25) is 0 Å². The molecule has 1 N–H and O–H groups in total. The Morgan fingerprint density at radius 1 is 0.872 bits per heavy atom. The van der Waals surface area contributed by atoms with Gasteiger partial charge in [0.15, 0.2) is 0 Å². The number of hydrogen-bond acceptors (Lipinski definition) is 4. The standard InChI is InChI=1S/C25H22F9N5/c26-23(27,28)15-5-3-14(4-6-15)17-12-16(24(29,30)31)13-19-20(17)37-22(36-19)39-10-8-38(9-11-39)21-18(25(32,33)34)2-1-7-35-21/h1-3,7,12-13,15H,4-6,8-11H2,(H,36,37). The normalized spacial score (nSPS) is 19.5. The molecule has 1 aliphatic carbocycles. The first-order valence-electron chi connectivity index (χ1n) is 12.1. The molecule has 5 nitrogen and oxygen atoms in total. The summed E-state index contributed by atoms with van der Waals surface area (Å²) in [5.41, 5.74) is -1.05. The number of piperazine rings is 1. The minimum atomic E-state index is -4.70. The van der Waals surface area contributed by atoms with Gasteiger partial charge in [0.1, 0.15) is 5.82 Å². The number of halogens is 9. The predicted octanol–water partition coefficient (Wildman–Crippen LogP) is 7.07. The Bertz CT molecular complexity index is 1380. The summed E-state index contributed by atoms with van der Waals surface area (Å²) in [6, 6.07) is 3.95. The number of fused-ring (bicyclic) bond motifs is 1. The average molecular weight is 563 g/mol. The minimum absolute atomic E-state index is 0.000170. The van der Waals surface area contributed by atoms with Crippen molar-refractivity contribution in [2.24, 2.45) is 5.92 Å². The molecule has 0 radical (unpaired) electrons. The molecule has 1 saturated heterocycles. The van der Waals surface area contributed by atoms with E-state index in [0.717, 1.165) is 18.2 Å². The third kappa shape index (κ3) is 5.50. The SMILES string of the molecule is FC(F)(F)c1cc(C2=CCC(C(F)(F)F)CC2)c2[nH]c(N3CCN(c4ncccc4C(F)(F)F)CC3)nc2c1. The number of allylic oxidation sites excluding steroid dienone is 2. The van der Waals surface area contributed by atoms with Gasteiger partial charge in [-0.3, -0.25) is 0 Å². The molecule has 39 heavy (non-hydrogen) atoms. The maximum Gasteiger partial charge on any atom is 0.419 e. The molecular formula is C25H22F9N5. The average Bonchev–Trinajstić information content (AvgIpc) is 3.31. The number of nitrogens with one attached hydrogen (secondary N) is 1. The topological polar surface area (TPSA) is 48.1 Å². The quantitative estimate of drug-likeness (QED) is 0.347. The van der Waals surface area contributed by atoms with Crippen molar-refractivity contribution in [3.05, 3.63) is 53.2 Å². The summed E-state index contributed by atoms with van der Waals surface area (Å²) >= 11 is 0. The lowest BCUT2D eigenvalue weighted by Gasteiger charge is -2.36. The Kier molecular flexibility index (Phi) is 6.70. The molecule has 0 amide bonds. The highest BCUT2D eigenvalue weighted by atomic mass is 19.4. The molecular weight excluding hydrogens is 541 g/mol. The van der Waals surface area contributed by atoms with Gasteiger partial charge in [-0.1, -0.05) is 6.08 Å². The number of aromatic amines is 1. The van der Waals surface area contributed by atoms with Crippen LogP contribution in [-0.2, 0) is 12.4 Å². The summed E-state index contributed by atoms with van der Waals surface area (Å²) in [4.78, 5) is 14.4. The van der Waals surface area contributed by atoms with Crippen molar-refractivity contribution in [2.45, 2.75) is 37.8 Å². The zero-order valence-electron chi connectivity index (χ0n) is 20.2. The van der Waals surface area contributed by atoms with Crippen molar-refractivity contribution in [1.82, 2.24) is 15.0 Å². The highest BCUT2D eigenvalue weighted by Gasteiger charge is 2.40. The number of aromatic nitrogens is 3.